The van der Waals surface area contributed by atoms with Crippen LogP contribution in [0.5, 0.6) is 0 Å². The topological polar surface area (TPSA) is 84.2 Å². The number of imide groups is 1. The van der Waals surface area contributed by atoms with E-state index >= 15 is 0 Å². The number of benzene rings is 1. The zero-order valence-corrected chi connectivity index (χ0v) is 9.90. The van der Waals surface area contributed by atoms with Gasteiger partial charge >= 0.3 is 0 Å². The van der Waals surface area contributed by atoms with E-state index in [1.807, 2.05) is 18.2 Å². The van der Waals surface area contributed by atoms with E-state index in [9.17, 15) is 9.59 Å². The lowest BCUT2D eigenvalue weighted by atomic mass is 9.86. The molecule has 2 aliphatic rings. The van der Waals surface area contributed by atoms with Gasteiger partial charge in [-0.1, -0.05) is 12.1 Å². The molecule has 1 fully saturated rings. The highest BCUT2D eigenvalue weighted by Gasteiger charge is 2.38. The molecular formula is C13H15N3O2. The van der Waals surface area contributed by atoms with Gasteiger partial charge < -0.3 is 11.1 Å². The molecule has 2 atom stereocenters. The lowest BCUT2D eigenvalue weighted by Gasteiger charge is -2.27. The number of hydrogen-bond acceptors (Lipinski definition) is 4. The first-order valence-corrected chi connectivity index (χ1v) is 6.11. The number of piperidine rings is 1. The van der Waals surface area contributed by atoms with Crippen LogP contribution in [0.3, 0.4) is 0 Å². The molecule has 0 saturated carbocycles. The van der Waals surface area contributed by atoms with Crippen LogP contribution in [0.25, 0.3) is 0 Å². The maximum absolute atomic E-state index is 11.9. The summed E-state index contributed by atoms with van der Waals surface area (Å²) in [6.07, 6.45) is 0.979. The number of nitrogens with two attached hydrogens (primary N) is 1. The minimum atomic E-state index is -0.214. The van der Waals surface area contributed by atoms with Gasteiger partial charge in [0.2, 0.25) is 11.8 Å². The number of carbonyl (C=O) groups excluding carboxylic acids is 2. The number of hydrogen-bond donors (Lipinski definition) is 3. The van der Waals surface area contributed by atoms with Gasteiger partial charge in [-0.15, -0.1) is 0 Å². The van der Waals surface area contributed by atoms with Crippen LogP contribution in [-0.2, 0) is 16.1 Å². The highest BCUT2D eigenvalue weighted by Crippen LogP contribution is 2.37. The first-order valence-electron chi connectivity index (χ1n) is 6.11. The van der Waals surface area contributed by atoms with E-state index in [-0.39, 0.29) is 23.8 Å². The van der Waals surface area contributed by atoms with Crippen LogP contribution in [0, 0.1) is 5.92 Å². The molecule has 3 rings (SSSR count). The van der Waals surface area contributed by atoms with Crippen molar-refractivity contribution in [3.8, 4) is 0 Å². The highest BCUT2D eigenvalue weighted by atomic mass is 16.2. The SMILES string of the molecule is Nc1cccc2c1C(C1CCC(=O)NC1=O)NC2. The monoisotopic (exact) mass is 245 g/mol. The second-order valence-corrected chi connectivity index (χ2v) is 4.84. The van der Waals surface area contributed by atoms with Crippen LogP contribution in [0.2, 0.25) is 0 Å². The maximum atomic E-state index is 11.9. The molecule has 0 spiro atoms. The third kappa shape index (κ3) is 1.67. The number of amides is 2. The third-order valence-corrected chi connectivity index (χ3v) is 3.74. The van der Waals surface area contributed by atoms with E-state index in [1.54, 1.807) is 0 Å². The molecule has 0 radical (unpaired) electrons. The largest absolute Gasteiger partial charge is 0.398 e. The van der Waals surface area contributed by atoms with Crippen molar-refractivity contribution in [1.29, 1.82) is 0 Å². The summed E-state index contributed by atoms with van der Waals surface area (Å²) < 4.78 is 0. The summed E-state index contributed by atoms with van der Waals surface area (Å²) in [5.41, 5.74) is 8.88. The Morgan fingerprint density at radius 2 is 2.11 bits per heavy atom. The summed E-state index contributed by atoms with van der Waals surface area (Å²) in [7, 11) is 0. The van der Waals surface area contributed by atoms with Gasteiger partial charge in [0.25, 0.3) is 0 Å². The fourth-order valence-electron chi connectivity index (χ4n) is 2.86. The van der Waals surface area contributed by atoms with Crippen molar-refractivity contribution < 1.29 is 9.59 Å². The molecule has 0 bridgehead atoms. The Bertz CT molecular complexity index is 527. The Morgan fingerprint density at radius 3 is 2.89 bits per heavy atom. The molecule has 1 aromatic carbocycles. The molecule has 1 saturated heterocycles. The molecule has 5 heteroatoms. The van der Waals surface area contributed by atoms with Crippen LogP contribution in [0.1, 0.15) is 30.0 Å². The molecule has 4 N–H and O–H groups in total. The predicted octanol–water partition coefficient (Wildman–Crippen LogP) is 0.466. The van der Waals surface area contributed by atoms with E-state index in [0.717, 1.165) is 17.7 Å². The van der Waals surface area contributed by atoms with Crippen LogP contribution < -0.4 is 16.4 Å². The average Bonchev–Trinajstić information content (AvgIpc) is 2.74. The molecule has 0 aromatic heterocycles. The van der Waals surface area contributed by atoms with E-state index in [0.29, 0.717) is 18.5 Å². The minimum Gasteiger partial charge on any atom is -0.398 e. The highest BCUT2D eigenvalue weighted by molar-refractivity contribution is 5.99. The van der Waals surface area contributed by atoms with Crippen molar-refractivity contribution in [1.82, 2.24) is 10.6 Å². The van der Waals surface area contributed by atoms with Gasteiger partial charge in [-0.25, -0.2) is 0 Å². The molecule has 2 amide bonds. The lowest BCUT2D eigenvalue weighted by molar-refractivity contribution is -0.137. The first-order chi connectivity index (χ1) is 8.66. The van der Waals surface area contributed by atoms with Crippen molar-refractivity contribution in [2.75, 3.05) is 5.73 Å². The van der Waals surface area contributed by atoms with Gasteiger partial charge in [0.05, 0.1) is 5.92 Å². The van der Waals surface area contributed by atoms with Gasteiger partial charge in [0.1, 0.15) is 0 Å². The molecule has 1 aromatic rings. The summed E-state index contributed by atoms with van der Waals surface area (Å²) in [5.74, 6) is -0.594. The summed E-state index contributed by atoms with van der Waals surface area (Å²) in [6.45, 7) is 0.725. The van der Waals surface area contributed by atoms with Crippen molar-refractivity contribution in [3.05, 3.63) is 29.3 Å². The van der Waals surface area contributed by atoms with E-state index in [2.05, 4.69) is 10.6 Å². The molecule has 2 aliphatic heterocycles. The summed E-state index contributed by atoms with van der Waals surface area (Å²) in [6, 6.07) is 5.71. The molecule has 5 nitrogen and oxygen atoms in total. The number of nitrogen functional groups attached to an aromatic ring is 1. The van der Waals surface area contributed by atoms with Crippen LogP contribution >= 0.6 is 0 Å². The lowest BCUT2D eigenvalue weighted by Crippen LogP contribution is -2.44. The molecule has 94 valence electrons. The molecular weight excluding hydrogens is 230 g/mol. The summed E-state index contributed by atoms with van der Waals surface area (Å²) in [5, 5.41) is 5.72. The molecule has 2 unspecified atom stereocenters. The average molecular weight is 245 g/mol. The Balaban J connectivity index is 1.92. The molecule has 0 aliphatic carbocycles. The Morgan fingerprint density at radius 1 is 1.28 bits per heavy atom. The number of carbonyl (C=O) groups is 2. The molecule has 2 heterocycles. The third-order valence-electron chi connectivity index (χ3n) is 3.74. The standard InChI is InChI=1S/C13H15N3O2/c14-9-3-1-2-7-6-15-12(11(7)9)8-4-5-10(17)16-13(8)18/h1-3,8,12,15H,4-6,14H2,(H,16,17,18). The van der Waals surface area contributed by atoms with Crippen LogP contribution in [0.4, 0.5) is 5.69 Å². The second kappa shape index (κ2) is 4.10. The second-order valence-electron chi connectivity index (χ2n) is 4.84. The fraction of sp³-hybridized carbons (Fsp3) is 0.385. The quantitative estimate of drug-likeness (QED) is 0.496. The smallest absolute Gasteiger partial charge is 0.231 e. The van der Waals surface area contributed by atoms with Gasteiger partial charge in [0.15, 0.2) is 0 Å². The summed E-state index contributed by atoms with van der Waals surface area (Å²) in [4.78, 5) is 23.1. The Hall–Kier alpha value is -1.88. The maximum Gasteiger partial charge on any atom is 0.231 e. The number of anilines is 1. The Labute approximate surface area is 105 Å². The van der Waals surface area contributed by atoms with Gasteiger partial charge in [-0.3, -0.25) is 14.9 Å². The van der Waals surface area contributed by atoms with E-state index in [1.165, 1.54) is 0 Å². The van der Waals surface area contributed by atoms with E-state index in [4.69, 9.17) is 5.73 Å². The number of fused-ring (bicyclic) bond motifs is 1. The predicted molar refractivity (Wildman–Crippen MR) is 66.3 cm³/mol. The zero-order valence-electron chi connectivity index (χ0n) is 9.90. The minimum absolute atomic E-state index is 0.0747. The van der Waals surface area contributed by atoms with Gasteiger partial charge in [0, 0.05) is 24.7 Å². The van der Waals surface area contributed by atoms with Gasteiger partial charge in [-0.2, -0.15) is 0 Å². The van der Waals surface area contributed by atoms with Crippen molar-refractivity contribution in [3.63, 3.8) is 0 Å². The number of nitrogens with one attached hydrogen (secondary N) is 2. The zero-order chi connectivity index (χ0) is 12.7. The van der Waals surface area contributed by atoms with Crippen LogP contribution in [0.15, 0.2) is 18.2 Å². The van der Waals surface area contributed by atoms with Crippen molar-refractivity contribution in [2.45, 2.75) is 25.4 Å². The van der Waals surface area contributed by atoms with Gasteiger partial charge in [-0.05, 0) is 23.6 Å². The van der Waals surface area contributed by atoms with Crippen molar-refractivity contribution >= 4 is 17.5 Å². The Kier molecular flexibility index (Phi) is 2.56. The number of rotatable bonds is 1. The van der Waals surface area contributed by atoms with E-state index < -0.39 is 0 Å². The van der Waals surface area contributed by atoms with Crippen molar-refractivity contribution in [2.24, 2.45) is 5.92 Å². The normalized spacial score (nSPS) is 26.9. The fourth-order valence-corrected chi connectivity index (χ4v) is 2.86. The summed E-state index contributed by atoms with van der Waals surface area (Å²) >= 11 is 0. The molecule has 18 heavy (non-hydrogen) atoms. The first kappa shape index (κ1) is 11.2. The van der Waals surface area contributed by atoms with Crippen LogP contribution in [-0.4, -0.2) is 11.8 Å².